The summed E-state index contributed by atoms with van der Waals surface area (Å²) in [5, 5.41) is 41.5. The first-order valence-corrected chi connectivity index (χ1v) is 58.8. The molecule has 11 nitrogen and oxygen atoms in total. The fourth-order valence-electron chi connectivity index (χ4n) is 42.6. The molecule has 766 valence electrons. The van der Waals surface area contributed by atoms with Crippen molar-refractivity contribution in [2.24, 2.45) is 213 Å². The van der Waals surface area contributed by atoms with E-state index in [4.69, 9.17) is 0 Å². The zero-order valence-corrected chi connectivity index (χ0v) is 90.1. The molecule has 40 atom stereocenters. The first-order chi connectivity index (χ1) is 65.2. The second-order valence-electron chi connectivity index (χ2n) is 57.0. The van der Waals surface area contributed by atoms with E-state index in [1.807, 2.05) is 32.1 Å². The molecule has 138 heavy (non-hydrogen) atoms. The van der Waals surface area contributed by atoms with Crippen LogP contribution in [0, 0.1) is 213 Å². The molecule has 0 aromatic heterocycles. The van der Waals surface area contributed by atoms with E-state index in [0.717, 1.165) is 236 Å². The van der Waals surface area contributed by atoms with Crippen LogP contribution in [0.15, 0.2) is 70.4 Å². The van der Waals surface area contributed by atoms with Gasteiger partial charge in [0.15, 0.2) is 17.3 Å². The van der Waals surface area contributed by atoms with Crippen LogP contribution >= 0.6 is 0 Å². The lowest BCUT2D eigenvalue weighted by molar-refractivity contribution is -0.143. The van der Waals surface area contributed by atoms with E-state index in [0.29, 0.717) is 115 Å². The summed E-state index contributed by atoms with van der Waals surface area (Å²) in [5.41, 5.74) is 11.0. The summed E-state index contributed by atoms with van der Waals surface area (Å²) >= 11 is 0. The van der Waals surface area contributed by atoms with Crippen molar-refractivity contribution in [2.45, 2.75) is 464 Å². The third-order valence-corrected chi connectivity index (χ3v) is 51.7. The average Bonchev–Trinajstić information content (AvgIpc) is 1.49. The van der Waals surface area contributed by atoms with Crippen LogP contribution in [0.25, 0.3) is 0 Å². The fraction of sp³-hybridized carbons (Fsp3) is 0.850. The SMILES string of the molecule is CC(=O)[C@@H]1CC[C@@H]2[C@H]3CC[C@H]4CC(=O)CC[C@]4(C)[C@H]3CC[C@]21C.CC(=O)[C@H]1CC[C@H]2[C@@H]3CC[C@@H]4CC(=O)CC[C@@]4(C)[C@@H]3CC[C@]12C.CC(C)[C@@H](C)/C=C/[C@@H](C)[C@H]1CC[C@H]2C3=CC=C4C[C@@H](O)CC[C@@]4(C)[C@@H]3CC[C@]12C.C[C@@]12CC[C@@H]3[C@H](CCC4=CC(=O)CC[C@]43C)[C@H]1CC[C@H]2O.C[C@]12CC[C@@H]3[C@H](CCC4=CC(=O)CC[C@]43C)[C@@H]1CC[C@@H]2O.C[C@]12CC[C@H]3[C@@H](CCC4=CC(=O)CC[C@@]43C)[C@@H]1CC[C@@H]2O. The Labute approximate surface area is 836 Å². The molecule has 0 aromatic rings. The molecule has 11 heteroatoms. The largest absolute Gasteiger partial charge is 0.393 e. The Kier molecular flexibility index (Phi) is 28.2. The van der Waals surface area contributed by atoms with Gasteiger partial charge in [0.05, 0.1) is 24.4 Å². The standard InChI is InChI=1S/C28H44O.2C21H32O2.3C19H28O2/c1-18(2)19(3)7-8-20(4)24-11-12-25-23-10-9-21-17-22(29)13-15-27(21,5)26(23)14-16-28(24,25)6;2*1-13(22)17-6-7-18-16-5-4-14-12-15(23)8-10-20(14,2)19(16)9-11-21(17,18)3;3*1-18-9-7-13(20)11-12(18)3-4-14-15-5-6-17(21)19(15,2)10-8-16(14)18/h7-10,18-20,22,24-26,29H,11-17H2,1-6H3;2*14,16-19H,4-12H2,1-3H3;3*11,14-17,21H,3-10H2,1-2H3/b8-7+;;;;;/t19-,20+,22-,24+,25-,26+,27+,28+;2*14-,16+,17-,18+,19-,20-,21-;14-,15+,16-,17+,18-,19+;2*14-,15-,16-,17-,18-,19-/m010110/s1. The van der Waals surface area contributed by atoms with Crippen molar-refractivity contribution in [3.8, 4) is 0 Å². The van der Waals surface area contributed by atoms with Gasteiger partial charge in [-0.15, -0.1) is 0 Å². The van der Waals surface area contributed by atoms with Crippen molar-refractivity contribution in [3.63, 3.8) is 0 Å². The molecule has 0 unspecified atom stereocenters. The van der Waals surface area contributed by atoms with Crippen LogP contribution in [0.2, 0.25) is 0 Å². The van der Waals surface area contributed by atoms with E-state index in [1.165, 1.54) is 196 Å². The smallest absolute Gasteiger partial charge is 0.155 e. The van der Waals surface area contributed by atoms with Crippen molar-refractivity contribution in [3.05, 3.63) is 70.4 Å². The molecule has 0 spiro atoms. The molecular weight excluding hydrogens is 1700 g/mol. The van der Waals surface area contributed by atoms with Crippen LogP contribution < -0.4 is 0 Å². The molecule has 0 amide bonds. The predicted octanol–water partition coefficient (Wildman–Crippen LogP) is 28.6. The second-order valence-corrected chi connectivity index (χ2v) is 57.0. The zero-order chi connectivity index (χ0) is 98.3. The molecule has 24 aliphatic rings. The minimum atomic E-state index is -0.116. The minimum absolute atomic E-state index is 0.0823. The van der Waals surface area contributed by atoms with Gasteiger partial charge in [-0.05, 0) is 503 Å². The number of aliphatic hydroxyl groups is 4. The van der Waals surface area contributed by atoms with Gasteiger partial charge < -0.3 is 20.4 Å². The van der Waals surface area contributed by atoms with E-state index < -0.39 is 0 Å². The number of rotatable bonds is 6. The molecule has 0 heterocycles. The molecule has 0 bridgehead atoms. The van der Waals surface area contributed by atoms with Crippen LogP contribution in [-0.4, -0.2) is 85.3 Å². The lowest BCUT2D eigenvalue weighted by atomic mass is 9.44. The fourth-order valence-corrected chi connectivity index (χ4v) is 42.6. The molecule has 0 aliphatic heterocycles. The van der Waals surface area contributed by atoms with Gasteiger partial charge >= 0.3 is 0 Å². The van der Waals surface area contributed by atoms with Gasteiger partial charge in [0.2, 0.25) is 0 Å². The Morgan fingerprint density at radius 1 is 0.304 bits per heavy atom. The van der Waals surface area contributed by atoms with Gasteiger partial charge in [0.1, 0.15) is 23.1 Å². The molecule has 20 saturated carbocycles. The lowest BCUT2D eigenvalue weighted by Crippen LogP contribution is -2.53. The Balaban J connectivity index is 0.000000106. The first-order valence-electron chi connectivity index (χ1n) is 58.8. The number of hydrogen-bond acceptors (Lipinski definition) is 11. The molecule has 0 radical (unpaired) electrons. The van der Waals surface area contributed by atoms with Gasteiger partial charge in [0.25, 0.3) is 0 Å². The topological polar surface area (TPSA) is 200 Å². The highest BCUT2D eigenvalue weighted by Crippen LogP contribution is 2.75. The molecule has 24 rings (SSSR count). The monoisotopic (exact) mass is 1890 g/mol. The van der Waals surface area contributed by atoms with E-state index in [-0.39, 0.29) is 67.7 Å². The van der Waals surface area contributed by atoms with Crippen molar-refractivity contribution in [1.82, 2.24) is 0 Å². The van der Waals surface area contributed by atoms with Gasteiger partial charge in [-0.3, -0.25) is 33.6 Å². The number of fused-ring (bicyclic) bond motifs is 30. The Morgan fingerprint density at radius 2 is 0.667 bits per heavy atom. The molecule has 0 aromatic carbocycles. The van der Waals surface area contributed by atoms with Crippen LogP contribution in [0.3, 0.4) is 0 Å². The zero-order valence-electron chi connectivity index (χ0n) is 90.1. The Hall–Kier alpha value is -4.03. The van der Waals surface area contributed by atoms with E-state index >= 15 is 0 Å². The summed E-state index contributed by atoms with van der Waals surface area (Å²) < 4.78 is 0. The van der Waals surface area contributed by atoms with Gasteiger partial charge in [0, 0.05) is 56.8 Å². The molecule has 24 aliphatic carbocycles. The van der Waals surface area contributed by atoms with Crippen LogP contribution in [0.4, 0.5) is 0 Å². The van der Waals surface area contributed by atoms with E-state index in [9.17, 15) is 54.0 Å². The number of ketones is 7. The van der Waals surface area contributed by atoms with E-state index in [2.05, 4.69) is 135 Å². The second kappa shape index (κ2) is 38.0. The van der Waals surface area contributed by atoms with E-state index in [1.54, 1.807) is 5.57 Å². The summed E-state index contributed by atoms with van der Waals surface area (Å²) in [5.74, 6) is 20.6. The third-order valence-electron chi connectivity index (χ3n) is 51.7. The summed E-state index contributed by atoms with van der Waals surface area (Å²) in [6, 6.07) is 0. The summed E-state index contributed by atoms with van der Waals surface area (Å²) in [4.78, 5) is 83.5. The summed E-state index contributed by atoms with van der Waals surface area (Å²) in [7, 11) is 0. The molecular formula is C127H192O11. The lowest BCUT2D eigenvalue weighted by Gasteiger charge is -2.60. The molecule has 0 saturated heterocycles. The normalized spacial score (nSPS) is 50.8. The molecule has 20 fully saturated rings. The Bertz CT molecular complexity index is 4520. The molecule has 4 N–H and O–H groups in total. The van der Waals surface area contributed by atoms with Gasteiger partial charge in [-0.25, -0.2) is 0 Å². The maximum Gasteiger partial charge on any atom is 0.155 e. The average molecular weight is 1890 g/mol. The van der Waals surface area contributed by atoms with Crippen molar-refractivity contribution < 1.29 is 54.0 Å². The number of carbonyl (C=O) groups is 7. The number of aliphatic hydroxyl groups excluding tert-OH is 4. The number of hydrogen-bond donors (Lipinski definition) is 4. The highest BCUT2D eigenvalue weighted by Gasteiger charge is 2.68. The van der Waals surface area contributed by atoms with Crippen LogP contribution in [0.5, 0.6) is 0 Å². The quantitative estimate of drug-likeness (QED) is 0.184. The number of carbonyl (C=O) groups excluding carboxylic acids is 7. The van der Waals surface area contributed by atoms with Gasteiger partial charge in [-0.2, -0.15) is 0 Å². The van der Waals surface area contributed by atoms with Crippen molar-refractivity contribution in [2.75, 3.05) is 0 Å². The summed E-state index contributed by atoms with van der Waals surface area (Å²) in [6.07, 6.45) is 71.0. The first kappa shape index (κ1) is 103. The number of allylic oxidation sites excluding steroid dienone is 8. The Morgan fingerprint density at radius 3 is 1.07 bits per heavy atom. The summed E-state index contributed by atoms with van der Waals surface area (Å²) in [6.45, 7) is 42.4. The minimum Gasteiger partial charge on any atom is -0.393 e. The number of Topliss-reactive ketones (excluding diaryl/α,β-unsaturated/α-hetero) is 4. The highest BCUT2D eigenvalue weighted by atomic mass is 16.3. The maximum atomic E-state index is 12.2. The van der Waals surface area contributed by atoms with Crippen LogP contribution in [-0.2, 0) is 33.6 Å². The highest BCUT2D eigenvalue weighted by molar-refractivity contribution is 5.93. The predicted molar refractivity (Wildman–Crippen MR) is 553 cm³/mol. The van der Waals surface area contributed by atoms with Gasteiger partial charge in [-0.1, -0.05) is 163 Å². The van der Waals surface area contributed by atoms with Crippen molar-refractivity contribution in [1.29, 1.82) is 0 Å². The van der Waals surface area contributed by atoms with Crippen molar-refractivity contribution >= 4 is 40.5 Å². The third kappa shape index (κ3) is 17.0. The van der Waals surface area contributed by atoms with Crippen LogP contribution in [0.1, 0.15) is 439 Å². The maximum absolute atomic E-state index is 12.2.